The fraction of sp³-hybridized carbons (Fsp3) is 0.300. The Balaban J connectivity index is 1.90. The highest BCUT2D eigenvalue weighted by atomic mass is 16.2. The summed E-state index contributed by atoms with van der Waals surface area (Å²) in [5.41, 5.74) is 4.80. The largest absolute Gasteiger partial charge is 0.373 e. The number of rotatable bonds is 4. The van der Waals surface area contributed by atoms with Crippen molar-refractivity contribution >= 4 is 23.2 Å². The second-order valence-electron chi connectivity index (χ2n) is 6.22. The molecule has 0 aliphatic carbocycles. The van der Waals surface area contributed by atoms with Crippen molar-refractivity contribution in [3.63, 3.8) is 0 Å². The van der Waals surface area contributed by atoms with Gasteiger partial charge in [0.2, 0.25) is 5.91 Å². The molecule has 124 valence electrons. The summed E-state index contributed by atoms with van der Waals surface area (Å²) < 4.78 is 0. The van der Waals surface area contributed by atoms with Gasteiger partial charge in [0, 0.05) is 5.69 Å². The van der Waals surface area contributed by atoms with E-state index in [9.17, 15) is 9.59 Å². The fourth-order valence-electron chi connectivity index (χ4n) is 3.24. The number of carbonyl (C=O) groups is 2. The summed E-state index contributed by atoms with van der Waals surface area (Å²) in [6.07, 6.45) is 0.965. The molecule has 1 aliphatic heterocycles. The van der Waals surface area contributed by atoms with Crippen LogP contribution in [0.5, 0.6) is 0 Å². The van der Waals surface area contributed by atoms with Crippen LogP contribution in [-0.4, -0.2) is 17.9 Å². The van der Waals surface area contributed by atoms with Gasteiger partial charge in [0.1, 0.15) is 6.04 Å². The number of nitrogens with zero attached hydrogens (tertiary/aromatic N) is 1. The highest BCUT2D eigenvalue weighted by Crippen LogP contribution is 2.29. The molecule has 3 rings (SSSR count). The first-order valence-electron chi connectivity index (χ1n) is 8.30. The molecule has 2 aromatic carbocycles. The fourth-order valence-corrected chi connectivity index (χ4v) is 3.24. The minimum atomic E-state index is -0.512. The zero-order chi connectivity index (χ0) is 17.3. The SMILES string of the molecule is CCc1ccccc1N1C(=O)C[C@@H](Nc2c(C)cccc2C)C1=O. The Morgan fingerprint density at radius 2 is 1.71 bits per heavy atom. The van der Waals surface area contributed by atoms with Crippen molar-refractivity contribution in [2.75, 3.05) is 10.2 Å². The van der Waals surface area contributed by atoms with Gasteiger partial charge in [-0.3, -0.25) is 9.59 Å². The average Bonchev–Trinajstić information content (AvgIpc) is 2.85. The Bertz CT molecular complexity index is 778. The molecule has 1 atom stereocenters. The first kappa shape index (κ1) is 16.2. The predicted octanol–water partition coefficient (Wildman–Crippen LogP) is 3.61. The van der Waals surface area contributed by atoms with Crippen molar-refractivity contribution in [1.82, 2.24) is 0 Å². The van der Waals surface area contributed by atoms with Crippen LogP contribution in [0.2, 0.25) is 0 Å². The summed E-state index contributed by atoms with van der Waals surface area (Å²) in [6.45, 7) is 6.03. The minimum absolute atomic E-state index is 0.148. The maximum absolute atomic E-state index is 12.9. The molecule has 0 saturated carbocycles. The number of aryl methyl sites for hydroxylation is 3. The van der Waals surface area contributed by atoms with Crippen LogP contribution in [0.3, 0.4) is 0 Å². The van der Waals surface area contributed by atoms with Crippen LogP contribution in [0.15, 0.2) is 42.5 Å². The van der Waals surface area contributed by atoms with Gasteiger partial charge < -0.3 is 5.32 Å². The summed E-state index contributed by atoms with van der Waals surface area (Å²) in [6, 6.07) is 13.1. The monoisotopic (exact) mass is 322 g/mol. The van der Waals surface area contributed by atoms with E-state index in [4.69, 9.17) is 0 Å². The topological polar surface area (TPSA) is 49.4 Å². The van der Waals surface area contributed by atoms with Crippen molar-refractivity contribution in [3.8, 4) is 0 Å². The predicted molar refractivity (Wildman–Crippen MR) is 96.3 cm³/mol. The van der Waals surface area contributed by atoms with E-state index in [0.717, 1.165) is 28.8 Å². The number of carbonyl (C=O) groups excluding carboxylic acids is 2. The maximum atomic E-state index is 12.9. The van der Waals surface area contributed by atoms with Gasteiger partial charge in [0.25, 0.3) is 5.91 Å². The van der Waals surface area contributed by atoms with Gasteiger partial charge in [-0.2, -0.15) is 0 Å². The van der Waals surface area contributed by atoms with Gasteiger partial charge in [0.05, 0.1) is 12.1 Å². The van der Waals surface area contributed by atoms with Crippen LogP contribution in [0, 0.1) is 13.8 Å². The van der Waals surface area contributed by atoms with E-state index in [0.29, 0.717) is 5.69 Å². The van der Waals surface area contributed by atoms with Crippen LogP contribution in [0.4, 0.5) is 11.4 Å². The molecule has 24 heavy (non-hydrogen) atoms. The van der Waals surface area contributed by atoms with Crippen molar-refractivity contribution < 1.29 is 9.59 Å². The molecule has 1 heterocycles. The third-order valence-corrected chi connectivity index (χ3v) is 4.56. The molecule has 2 aromatic rings. The van der Waals surface area contributed by atoms with Crippen molar-refractivity contribution in [1.29, 1.82) is 0 Å². The molecule has 0 spiro atoms. The van der Waals surface area contributed by atoms with Crippen LogP contribution in [0.25, 0.3) is 0 Å². The molecular weight excluding hydrogens is 300 g/mol. The molecule has 1 saturated heterocycles. The first-order valence-corrected chi connectivity index (χ1v) is 8.30. The average molecular weight is 322 g/mol. The number of hydrogen-bond donors (Lipinski definition) is 1. The van der Waals surface area contributed by atoms with Gasteiger partial charge in [-0.25, -0.2) is 4.90 Å². The highest BCUT2D eigenvalue weighted by molar-refractivity contribution is 6.23. The van der Waals surface area contributed by atoms with Gasteiger partial charge in [-0.1, -0.05) is 43.3 Å². The normalized spacial score (nSPS) is 17.5. The molecule has 0 unspecified atom stereocenters. The summed E-state index contributed by atoms with van der Waals surface area (Å²) in [5.74, 6) is -0.326. The Morgan fingerprint density at radius 3 is 2.38 bits per heavy atom. The summed E-state index contributed by atoms with van der Waals surface area (Å²) in [7, 11) is 0. The van der Waals surface area contributed by atoms with E-state index < -0.39 is 6.04 Å². The lowest BCUT2D eigenvalue weighted by molar-refractivity contribution is -0.121. The van der Waals surface area contributed by atoms with Crippen molar-refractivity contribution in [2.24, 2.45) is 0 Å². The van der Waals surface area contributed by atoms with Gasteiger partial charge in [0.15, 0.2) is 0 Å². The van der Waals surface area contributed by atoms with Crippen LogP contribution in [-0.2, 0) is 16.0 Å². The number of nitrogens with one attached hydrogen (secondary N) is 1. The maximum Gasteiger partial charge on any atom is 0.256 e. The summed E-state index contributed by atoms with van der Waals surface area (Å²) in [5, 5.41) is 3.28. The van der Waals surface area contributed by atoms with Crippen LogP contribution >= 0.6 is 0 Å². The number of anilines is 2. The molecule has 2 amide bonds. The number of hydrogen-bond acceptors (Lipinski definition) is 3. The van der Waals surface area contributed by atoms with Crippen LogP contribution < -0.4 is 10.2 Å². The zero-order valence-electron chi connectivity index (χ0n) is 14.3. The lowest BCUT2D eigenvalue weighted by Crippen LogP contribution is -2.35. The van der Waals surface area contributed by atoms with Gasteiger partial charge in [-0.05, 0) is 43.0 Å². The number of benzene rings is 2. The van der Waals surface area contributed by atoms with Crippen molar-refractivity contribution in [2.45, 2.75) is 39.7 Å². The molecule has 1 N–H and O–H groups in total. The summed E-state index contributed by atoms with van der Waals surface area (Å²) >= 11 is 0. The first-order chi connectivity index (χ1) is 11.5. The Hall–Kier alpha value is -2.62. The molecular formula is C20H22N2O2. The highest BCUT2D eigenvalue weighted by Gasteiger charge is 2.40. The lowest BCUT2D eigenvalue weighted by Gasteiger charge is -2.20. The minimum Gasteiger partial charge on any atom is -0.373 e. The van der Waals surface area contributed by atoms with E-state index >= 15 is 0 Å². The lowest BCUT2D eigenvalue weighted by atomic mass is 10.1. The van der Waals surface area contributed by atoms with E-state index in [1.54, 1.807) is 0 Å². The number of para-hydroxylation sites is 2. The smallest absolute Gasteiger partial charge is 0.256 e. The molecule has 1 aliphatic rings. The van der Waals surface area contributed by atoms with Crippen molar-refractivity contribution in [3.05, 3.63) is 59.2 Å². The molecule has 0 radical (unpaired) electrons. The second kappa shape index (κ2) is 6.48. The Labute approximate surface area is 142 Å². The molecule has 0 bridgehead atoms. The third kappa shape index (κ3) is 2.80. The molecule has 4 nitrogen and oxygen atoms in total. The Morgan fingerprint density at radius 1 is 1.04 bits per heavy atom. The standard InChI is InChI=1S/C20H22N2O2/c1-4-15-10-5-6-11-17(15)22-18(23)12-16(20(22)24)21-19-13(2)8-7-9-14(19)3/h5-11,16,21H,4,12H2,1-3H3/t16-/m1/s1. The quantitative estimate of drug-likeness (QED) is 0.875. The number of amides is 2. The van der Waals surface area contributed by atoms with E-state index in [1.807, 2.05) is 63.2 Å². The zero-order valence-corrected chi connectivity index (χ0v) is 14.3. The summed E-state index contributed by atoms with van der Waals surface area (Å²) in [4.78, 5) is 26.7. The van der Waals surface area contributed by atoms with E-state index in [1.165, 1.54) is 4.90 Å². The second-order valence-corrected chi connectivity index (χ2v) is 6.22. The third-order valence-electron chi connectivity index (χ3n) is 4.56. The molecule has 0 aromatic heterocycles. The van der Waals surface area contributed by atoms with Gasteiger partial charge in [-0.15, -0.1) is 0 Å². The van der Waals surface area contributed by atoms with E-state index in [-0.39, 0.29) is 18.2 Å². The Kier molecular flexibility index (Phi) is 4.38. The van der Waals surface area contributed by atoms with E-state index in [2.05, 4.69) is 5.32 Å². The number of imide groups is 1. The van der Waals surface area contributed by atoms with Gasteiger partial charge >= 0.3 is 0 Å². The van der Waals surface area contributed by atoms with Crippen LogP contribution in [0.1, 0.15) is 30.0 Å². The molecule has 1 fully saturated rings. The molecule has 4 heteroatoms.